The second kappa shape index (κ2) is 2.66. The van der Waals surface area contributed by atoms with Crippen LogP contribution in [0.3, 0.4) is 0 Å². The number of hydrogen-bond acceptors (Lipinski definition) is 3. The van der Waals surface area contributed by atoms with Crippen molar-refractivity contribution < 1.29 is 5.11 Å². The molecule has 11 heavy (non-hydrogen) atoms. The number of nitrogens with zero attached hydrogens (tertiary/aromatic N) is 1. The van der Waals surface area contributed by atoms with Gasteiger partial charge in [-0.15, -0.1) is 0 Å². The van der Waals surface area contributed by atoms with Gasteiger partial charge in [0.2, 0.25) is 0 Å². The molecule has 0 saturated heterocycles. The van der Waals surface area contributed by atoms with Crippen LogP contribution in [-0.2, 0) is 0 Å². The van der Waals surface area contributed by atoms with Gasteiger partial charge in [0.1, 0.15) is 12.1 Å². The van der Waals surface area contributed by atoms with Crippen LogP contribution in [-0.4, -0.2) is 17.2 Å². The van der Waals surface area contributed by atoms with Crippen LogP contribution in [0.4, 0.5) is 0 Å². The zero-order valence-corrected chi connectivity index (χ0v) is 7.13. The smallest absolute Gasteiger partial charge is 0.146 e. The predicted molar refractivity (Wildman–Crippen MR) is 45.2 cm³/mol. The lowest BCUT2D eigenvalue weighted by Crippen LogP contribution is -2.42. The molecule has 1 unspecified atom stereocenters. The van der Waals surface area contributed by atoms with Crippen molar-refractivity contribution in [2.45, 2.75) is 27.0 Å². The molecule has 1 aliphatic heterocycles. The third-order valence-electron chi connectivity index (χ3n) is 1.47. The molecule has 0 aromatic heterocycles. The van der Waals surface area contributed by atoms with Gasteiger partial charge in [-0.05, 0) is 6.08 Å². The highest BCUT2D eigenvalue weighted by Crippen LogP contribution is 2.16. The fourth-order valence-corrected chi connectivity index (χ4v) is 0.835. The van der Waals surface area contributed by atoms with Crippen LogP contribution in [0.15, 0.2) is 17.3 Å². The Labute approximate surface area is 66.8 Å². The van der Waals surface area contributed by atoms with Crippen LogP contribution in [0.5, 0.6) is 0 Å². The summed E-state index contributed by atoms with van der Waals surface area (Å²) < 4.78 is 0. The minimum Gasteiger partial charge on any atom is -0.370 e. The fourth-order valence-electron chi connectivity index (χ4n) is 0.835. The maximum absolute atomic E-state index is 9.16. The van der Waals surface area contributed by atoms with Crippen molar-refractivity contribution in [1.29, 1.82) is 0 Å². The molecule has 0 radical (unpaired) electrons. The topological polar surface area (TPSA) is 44.6 Å². The highest BCUT2D eigenvalue weighted by atomic mass is 16.3. The molecule has 2 N–H and O–H groups in total. The molecule has 1 heterocycles. The number of aliphatic hydroxyl groups excluding tert-OH is 1. The second-order valence-corrected chi connectivity index (χ2v) is 3.66. The lowest BCUT2D eigenvalue weighted by molar-refractivity contribution is 0.202. The molecule has 1 rings (SSSR count). The van der Waals surface area contributed by atoms with Gasteiger partial charge < -0.3 is 10.4 Å². The highest BCUT2D eigenvalue weighted by Gasteiger charge is 2.21. The molecule has 0 aromatic rings. The van der Waals surface area contributed by atoms with Gasteiger partial charge in [-0.3, -0.25) is 0 Å². The summed E-state index contributed by atoms with van der Waals surface area (Å²) in [6.07, 6.45) is 2.65. The van der Waals surface area contributed by atoms with Crippen molar-refractivity contribution >= 4 is 5.84 Å². The zero-order chi connectivity index (χ0) is 8.48. The molecule has 3 nitrogen and oxygen atoms in total. The molecular formula is C8H14N2O. The summed E-state index contributed by atoms with van der Waals surface area (Å²) in [6, 6.07) is 0. The van der Waals surface area contributed by atoms with Crippen molar-refractivity contribution in [2.24, 2.45) is 10.4 Å². The van der Waals surface area contributed by atoms with Crippen LogP contribution in [0.1, 0.15) is 20.8 Å². The van der Waals surface area contributed by atoms with Crippen molar-refractivity contribution in [1.82, 2.24) is 5.32 Å². The number of hydrogen-bond donors (Lipinski definition) is 2. The van der Waals surface area contributed by atoms with Gasteiger partial charge in [0.05, 0.1) is 0 Å². The lowest BCUT2D eigenvalue weighted by atomic mass is 9.94. The van der Waals surface area contributed by atoms with Crippen LogP contribution in [0.2, 0.25) is 0 Å². The van der Waals surface area contributed by atoms with Crippen LogP contribution in [0.25, 0.3) is 0 Å². The third kappa shape index (κ3) is 2.05. The Hall–Kier alpha value is -0.830. The summed E-state index contributed by atoms with van der Waals surface area (Å²) in [5.41, 5.74) is -0.0221. The second-order valence-electron chi connectivity index (χ2n) is 3.66. The number of amidine groups is 1. The Balaban J connectivity index is 2.75. The third-order valence-corrected chi connectivity index (χ3v) is 1.47. The number of aliphatic hydroxyl groups is 1. The van der Waals surface area contributed by atoms with E-state index >= 15 is 0 Å². The largest absolute Gasteiger partial charge is 0.370 e. The summed E-state index contributed by atoms with van der Waals surface area (Å²) in [5, 5.41) is 12.0. The van der Waals surface area contributed by atoms with Crippen LogP contribution >= 0.6 is 0 Å². The molecule has 0 aromatic carbocycles. The Bertz CT molecular complexity index is 201. The van der Waals surface area contributed by atoms with E-state index in [9.17, 15) is 0 Å². The molecule has 0 bridgehead atoms. The quantitative estimate of drug-likeness (QED) is 0.543. The van der Waals surface area contributed by atoms with E-state index in [2.05, 4.69) is 10.3 Å². The molecule has 0 spiro atoms. The summed E-state index contributed by atoms with van der Waals surface area (Å²) in [5.74, 6) is 0.826. The summed E-state index contributed by atoms with van der Waals surface area (Å²) in [7, 11) is 0. The number of aliphatic imine (C=N–C) groups is 1. The summed E-state index contributed by atoms with van der Waals surface area (Å²) >= 11 is 0. The van der Waals surface area contributed by atoms with Gasteiger partial charge in [-0.25, -0.2) is 4.99 Å². The van der Waals surface area contributed by atoms with E-state index < -0.39 is 6.23 Å². The van der Waals surface area contributed by atoms with E-state index in [1.165, 1.54) is 0 Å². The monoisotopic (exact) mass is 154 g/mol. The normalized spacial score (nSPS) is 24.4. The van der Waals surface area contributed by atoms with Crippen LogP contribution < -0.4 is 5.32 Å². The van der Waals surface area contributed by atoms with Crippen molar-refractivity contribution in [2.75, 3.05) is 0 Å². The van der Waals surface area contributed by atoms with E-state index in [1.54, 1.807) is 12.3 Å². The maximum atomic E-state index is 9.16. The van der Waals surface area contributed by atoms with E-state index in [1.807, 2.05) is 20.8 Å². The first-order chi connectivity index (χ1) is 5.00. The molecule has 3 heteroatoms. The molecule has 62 valence electrons. The first kappa shape index (κ1) is 8.27. The first-order valence-corrected chi connectivity index (χ1v) is 3.70. The minimum absolute atomic E-state index is 0.0221. The Morgan fingerprint density at radius 3 is 2.55 bits per heavy atom. The van der Waals surface area contributed by atoms with Gasteiger partial charge >= 0.3 is 0 Å². The van der Waals surface area contributed by atoms with Gasteiger partial charge in [0, 0.05) is 11.6 Å². The molecule has 0 amide bonds. The van der Waals surface area contributed by atoms with Crippen LogP contribution in [0, 0.1) is 5.41 Å². The van der Waals surface area contributed by atoms with E-state index in [-0.39, 0.29) is 5.41 Å². The van der Waals surface area contributed by atoms with Crippen molar-refractivity contribution in [3.63, 3.8) is 0 Å². The van der Waals surface area contributed by atoms with E-state index in [4.69, 9.17) is 5.11 Å². The molecule has 0 fully saturated rings. The minimum atomic E-state index is -0.582. The van der Waals surface area contributed by atoms with Gasteiger partial charge in [0.25, 0.3) is 0 Å². The maximum Gasteiger partial charge on any atom is 0.146 e. The summed E-state index contributed by atoms with van der Waals surface area (Å²) in [4.78, 5) is 4.12. The Morgan fingerprint density at radius 1 is 1.55 bits per heavy atom. The SMILES string of the molecule is CC(C)(C)C1=NC=CC(O)N1. The number of rotatable bonds is 0. The fraction of sp³-hybridized carbons (Fsp3) is 0.625. The predicted octanol–water partition coefficient (Wildman–Crippen LogP) is 0.866. The molecule has 1 aliphatic rings. The average molecular weight is 154 g/mol. The van der Waals surface area contributed by atoms with Crippen molar-refractivity contribution in [3.8, 4) is 0 Å². The average Bonchev–Trinajstić information content (AvgIpc) is 1.86. The van der Waals surface area contributed by atoms with E-state index in [0.29, 0.717) is 0 Å². The molecular weight excluding hydrogens is 140 g/mol. The first-order valence-electron chi connectivity index (χ1n) is 3.70. The molecule has 0 aliphatic carbocycles. The molecule has 0 saturated carbocycles. The summed E-state index contributed by atoms with van der Waals surface area (Å²) in [6.45, 7) is 6.14. The van der Waals surface area contributed by atoms with Gasteiger partial charge in [0.15, 0.2) is 0 Å². The highest BCUT2D eigenvalue weighted by molar-refractivity contribution is 5.88. The lowest BCUT2D eigenvalue weighted by Gasteiger charge is -2.25. The number of nitrogens with one attached hydrogen (secondary N) is 1. The van der Waals surface area contributed by atoms with Gasteiger partial charge in [-0.1, -0.05) is 20.8 Å². The van der Waals surface area contributed by atoms with Crippen molar-refractivity contribution in [3.05, 3.63) is 12.3 Å². The molecule has 1 atom stereocenters. The standard InChI is InChI=1S/C8H14N2O/c1-8(2,3)7-9-5-4-6(11)10-7/h4-6,11H,1-3H3,(H,9,10). The zero-order valence-electron chi connectivity index (χ0n) is 7.13. The Morgan fingerprint density at radius 2 is 2.18 bits per heavy atom. The Kier molecular flexibility index (Phi) is 2.00. The van der Waals surface area contributed by atoms with E-state index in [0.717, 1.165) is 5.84 Å². The van der Waals surface area contributed by atoms with Gasteiger partial charge in [-0.2, -0.15) is 0 Å².